The topological polar surface area (TPSA) is 0 Å². The highest BCUT2D eigenvalue weighted by Crippen LogP contribution is 2.34. The van der Waals surface area contributed by atoms with Crippen molar-refractivity contribution in [2.24, 2.45) is 0 Å². The molecule has 1 heterocycles. The molecule has 0 N–H and O–H groups in total. The van der Waals surface area contributed by atoms with E-state index >= 15 is 0 Å². The van der Waals surface area contributed by atoms with Gasteiger partial charge in [-0.3, -0.25) is 0 Å². The van der Waals surface area contributed by atoms with E-state index in [1.807, 2.05) is 11.3 Å². The summed E-state index contributed by atoms with van der Waals surface area (Å²) in [6.07, 6.45) is 0. The van der Waals surface area contributed by atoms with E-state index in [2.05, 4.69) is 47.6 Å². The molecule has 0 aromatic carbocycles. The van der Waals surface area contributed by atoms with E-state index in [1.54, 1.807) is 0 Å². The largest absolute Gasteiger partial charge is 0.145 e. The van der Waals surface area contributed by atoms with Gasteiger partial charge in [-0.15, -0.1) is 11.3 Å². The number of thiophene rings is 1. The number of aryl methyl sites for hydroxylation is 1. The monoisotopic (exact) mass is 196 g/mol. The summed E-state index contributed by atoms with van der Waals surface area (Å²) in [6, 6.07) is 2.38. The third-order valence-electron chi connectivity index (χ3n) is 2.32. The van der Waals surface area contributed by atoms with E-state index in [9.17, 15) is 0 Å². The molecule has 13 heavy (non-hydrogen) atoms. The van der Waals surface area contributed by atoms with Crippen LogP contribution in [0.5, 0.6) is 0 Å². The second-order valence-corrected chi connectivity index (χ2v) is 6.28. The van der Waals surface area contributed by atoms with Crippen molar-refractivity contribution in [3.8, 4) is 0 Å². The van der Waals surface area contributed by atoms with Crippen LogP contribution in [-0.2, 0) is 5.41 Å². The highest BCUT2D eigenvalue weighted by atomic mass is 32.1. The normalized spacial score (nSPS) is 12.5. The van der Waals surface area contributed by atoms with Crippen molar-refractivity contribution in [1.29, 1.82) is 0 Å². The van der Waals surface area contributed by atoms with E-state index in [4.69, 9.17) is 0 Å². The Hall–Kier alpha value is -0.300. The summed E-state index contributed by atoms with van der Waals surface area (Å²) >= 11 is 1.95. The molecule has 0 bridgehead atoms. The molecule has 1 aromatic rings. The molecule has 0 aliphatic heterocycles. The summed E-state index contributed by atoms with van der Waals surface area (Å²) in [6.45, 7) is 13.6. The van der Waals surface area contributed by atoms with Crippen LogP contribution in [0.15, 0.2) is 6.07 Å². The predicted octanol–water partition coefficient (Wildman–Crippen LogP) is 4.48. The Morgan fingerprint density at radius 2 is 1.77 bits per heavy atom. The molecule has 74 valence electrons. The molecule has 0 amide bonds. The summed E-state index contributed by atoms with van der Waals surface area (Å²) in [4.78, 5) is 2.99. The van der Waals surface area contributed by atoms with Crippen molar-refractivity contribution >= 4 is 11.3 Å². The van der Waals surface area contributed by atoms with E-state index < -0.39 is 0 Å². The van der Waals surface area contributed by atoms with Gasteiger partial charge in [-0.2, -0.15) is 0 Å². The Morgan fingerprint density at radius 1 is 1.23 bits per heavy atom. The molecule has 1 rings (SSSR count). The van der Waals surface area contributed by atoms with Crippen LogP contribution >= 0.6 is 11.3 Å². The van der Waals surface area contributed by atoms with Crippen LogP contribution in [0.4, 0.5) is 0 Å². The molecule has 0 saturated carbocycles. The lowest BCUT2D eigenvalue weighted by Crippen LogP contribution is -2.08. The first-order valence-corrected chi connectivity index (χ1v) is 5.75. The van der Waals surface area contributed by atoms with E-state index in [0.717, 1.165) is 0 Å². The van der Waals surface area contributed by atoms with Crippen molar-refractivity contribution in [1.82, 2.24) is 0 Å². The fourth-order valence-corrected chi connectivity index (χ4v) is 2.67. The van der Waals surface area contributed by atoms with Gasteiger partial charge in [0.1, 0.15) is 0 Å². The second-order valence-electron chi connectivity index (χ2n) is 5.03. The van der Waals surface area contributed by atoms with Gasteiger partial charge in [-0.1, -0.05) is 34.6 Å². The molecule has 1 heteroatoms. The standard InChI is InChI=1S/C12H20S/c1-8(2)10-7-11(12(4,5)6)13-9(10)3/h7-8H,1-6H3. The van der Waals surface area contributed by atoms with Crippen LogP contribution in [0, 0.1) is 6.92 Å². The second kappa shape index (κ2) is 3.45. The van der Waals surface area contributed by atoms with Gasteiger partial charge in [0.2, 0.25) is 0 Å². The molecule has 0 saturated heterocycles. The Bertz CT molecular complexity index is 287. The van der Waals surface area contributed by atoms with Crippen LogP contribution in [0.1, 0.15) is 55.9 Å². The zero-order valence-electron chi connectivity index (χ0n) is 9.56. The third kappa shape index (κ3) is 2.34. The number of hydrogen-bond acceptors (Lipinski definition) is 1. The van der Waals surface area contributed by atoms with Gasteiger partial charge in [0.25, 0.3) is 0 Å². The zero-order valence-corrected chi connectivity index (χ0v) is 10.4. The maximum Gasteiger partial charge on any atom is 0.0105 e. The number of hydrogen-bond donors (Lipinski definition) is 0. The summed E-state index contributed by atoms with van der Waals surface area (Å²) in [7, 11) is 0. The van der Waals surface area contributed by atoms with Crippen LogP contribution < -0.4 is 0 Å². The Balaban J connectivity index is 3.10. The lowest BCUT2D eigenvalue weighted by molar-refractivity contribution is 0.603. The van der Waals surface area contributed by atoms with Gasteiger partial charge in [-0.05, 0) is 29.9 Å². The fourth-order valence-electron chi connectivity index (χ4n) is 1.44. The van der Waals surface area contributed by atoms with Crippen molar-refractivity contribution in [3.63, 3.8) is 0 Å². The molecular weight excluding hydrogens is 176 g/mol. The predicted molar refractivity (Wildman–Crippen MR) is 61.8 cm³/mol. The average Bonchev–Trinajstić information content (AvgIpc) is 2.29. The van der Waals surface area contributed by atoms with Gasteiger partial charge >= 0.3 is 0 Å². The smallest absolute Gasteiger partial charge is 0.0105 e. The van der Waals surface area contributed by atoms with Gasteiger partial charge < -0.3 is 0 Å². The van der Waals surface area contributed by atoms with Gasteiger partial charge in [0.05, 0.1) is 0 Å². The van der Waals surface area contributed by atoms with Crippen molar-refractivity contribution in [3.05, 3.63) is 21.4 Å². The Labute approximate surface area is 86.0 Å². The molecule has 0 spiro atoms. The van der Waals surface area contributed by atoms with Gasteiger partial charge in [0, 0.05) is 9.75 Å². The van der Waals surface area contributed by atoms with Crippen LogP contribution in [0.25, 0.3) is 0 Å². The minimum atomic E-state index is 0.308. The molecule has 0 unspecified atom stereocenters. The molecule has 0 aliphatic carbocycles. The van der Waals surface area contributed by atoms with E-state index in [-0.39, 0.29) is 0 Å². The summed E-state index contributed by atoms with van der Waals surface area (Å²) in [5, 5.41) is 0. The van der Waals surface area contributed by atoms with E-state index in [1.165, 1.54) is 15.3 Å². The third-order valence-corrected chi connectivity index (χ3v) is 3.81. The molecule has 0 nitrogen and oxygen atoms in total. The van der Waals surface area contributed by atoms with Crippen molar-refractivity contribution in [2.75, 3.05) is 0 Å². The fraction of sp³-hybridized carbons (Fsp3) is 0.667. The highest BCUT2D eigenvalue weighted by molar-refractivity contribution is 7.12. The van der Waals surface area contributed by atoms with Crippen LogP contribution in [0.2, 0.25) is 0 Å². The van der Waals surface area contributed by atoms with Gasteiger partial charge in [0.15, 0.2) is 0 Å². The lowest BCUT2D eigenvalue weighted by Gasteiger charge is -2.15. The van der Waals surface area contributed by atoms with Crippen LogP contribution in [-0.4, -0.2) is 0 Å². The SMILES string of the molecule is Cc1sc(C(C)(C)C)cc1C(C)C. The summed E-state index contributed by atoms with van der Waals surface area (Å²) in [5.74, 6) is 0.660. The van der Waals surface area contributed by atoms with Crippen molar-refractivity contribution in [2.45, 2.75) is 52.9 Å². The van der Waals surface area contributed by atoms with Gasteiger partial charge in [-0.25, -0.2) is 0 Å². The maximum atomic E-state index is 2.38. The highest BCUT2D eigenvalue weighted by Gasteiger charge is 2.18. The maximum absolute atomic E-state index is 2.38. The first-order chi connectivity index (χ1) is 5.82. The average molecular weight is 196 g/mol. The minimum Gasteiger partial charge on any atom is -0.145 e. The van der Waals surface area contributed by atoms with Crippen molar-refractivity contribution < 1.29 is 0 Å². The summed E-state index contributed by atoms with van der Waals surface area (Å²) < 4.78 is 0. The van der Waals surface area contributed by atoms with E-state index in [0.29, 0.717) is 11.3 Å². The lowest BCUT2D eigenvalue weighted by atomic mass is 9.92. The quantitative estimate of drug-likeness (QED) is 0.621. The molecule has 1 aromatic heterocycles. The molecule has 0 radical (unpaired) electrons. The Morgan fingerprint density at radius 3 is 2.00 bits per heavy atom. The molecule has 0 aliphatic rings. The minimum absolute atomic E-state index is 0.308. The zero-order chi connectivity index (χ0) is 10.2. The Kier molecular flexibility index (Phi) is 2.86. The summed E-state index contributed by atoms with van der Waals surface area (Å²) in [5.41, 5.74) is 1.83. The van der Waals surface area contributed by atoms with Crippen LogP contribution in [0.3, 0.4) is 0 Å². The first kappa shape index (κ1) is 10.8. The molecular formula is C12H20S. The first-order valence-electron chi connectivity index (χ1n) is 4.93. The molecule has 0 fully saturated rings. The molecule has 0 atom stereocenters. The number of rotatable bonds is 1.